The minimum atomic E-state index is -0.473. The molecule has 0 spiro atoms. The summed E-state index contributed by atoms with van der Waals surface area (Å²) in [7, 11) is 1.35. The van der Waals surface area contributed by atoms with Gasteiger partial charge in [0.1, 0.15) is 6.04 Å². The number of likely N-dealkylation sites (tertiary alicyclic amines) is 1. The first-order chi connectivity index (χ1) is 9.61. The summed E-state index contributed by atoms with van der Waals surface area (Å²) in [6, 6.07) is 6.85. The van der Waals surface area contributed by atoms with Crippen molar-refractivity contribution in [1.29, 1.82) is 0 Å². The molecular formula is C15H20N2O3. The van der Waals surface area contributed by atoms with Crippen LogP contribution in [0, 0.1) is 6.92 Å². The van der Waals surface area contributed by atoms with Gasteiger partial charge in [0, 0.05) is 12.2 Å². The largest absolute Gasteiger partial charge is 0.467 e. The van der Waals surface area contributed by atoms with Gasteiger partial charge in [0.15, 0.2) is 0 Å². The van der Waals surface area contributed by atoms with Crippen molar-refractivity contribution in [2.24, 2.45) is 0 Å². The van der Waals surface area contributed by atoms with Crippen molar-refractivity contribution in [2.45, 2.75) is 32.2 Å². The molecular weight excluding hydrogens is 256 g/mol. The fourth-order valence-electron chi connectivity index (χ4n) is 2.39. The molecule has 108 valence electrons. The number of esters is 1. The van der Waals surface area contributed by atoms with Crippen molar-refractivity contribution in [3.8, 4) is 0 Å². The van der Waals surface area contributed by atoms with Gasteiger partial charge >= 0.3 is 12.0 Å². The predicted molar refractivity (Wildman–Crippen MR) is 76.6 cm³/mol. The Hall–Kier alpha value is -2.04. The highest BCUT2D eigenvalue weighted by Crippen LogP contribution is 2.19. The topological polar surface area (TPSA) is 58.6 Å². The smallest absolute Gasteiger partial charge is 0.328 e. The second-order valence-corrected chi connectivity index (χ2v) is 5.02. The second kappa shape index (κ2) is 6.41. The zero-order valence-electron chi connectivity index (χ0n) is 11.9. The number of nitrogens with one attached hydrogen (secondary N) is 1. The van der Waals surface area contributed by atoms with Crippen LogP contribution >= 0.6 is 0 Å². The molecule has 2 rings (SSSR count). The Morgan fingerprint density at radius 1 is 1.25 bits per heavy atom. The maximum absolute atomic E-state index is 12.3. The molecule has 1 aliphatic heterocycles. The van der Waals surface area contributed by atoms with Gasteiger partial charge in [0.25, 0.3) is 0 Å². The van der Waals surface area contributed by atoms with Gasteiger partial charge in [0.05, 0.1) is 7.11 Å². The molecule has 0 bridgehead atoms. The molecule has 1 atom stereocenters. The number of piperidine rings is 1. The van der Waals surface area contributed by atoms with E-state index in [-0.39, 0.29) is 12.0 Å². The van der Waals surface area contributed by atoms with E-state index in [1.807, 2.05) is 31.2 Å². The summed E-state index contributed by atoms with van der Waals surface area (Å²) in [4.78, 5) is 25.6. The number of benzene rings is 1. The van der Waals surface area contributed by atoms with Gasteiger partial charge in [-0.1, -0.05) is 17.7 Å². The average Bonchev–Trinajstić information content (AvgIpc) is 2.48. The van der Waals surface area contributed by atoms with E-state index in [0.717, 1.165) is 24.1 Å². The number of aryl methyl sites for hydroxylation is 1. The minimum Gasteiger partial charge on any atom is -0.467 e. The van der Waals surface area contributed by atoms with Gasteiger partial charge in [-0.2, -0.15) is 0 Å². The van der Waals surface area contributed by atoms with Crippen LogP contribution in [-0.4, -0.2) is 36.6 Å². The van der Waals surface area contributed by atoms with E-state index in [0.29, 0.717) is 13.0 Å². The molecule has 1 saturated heterocycles. The van der Waals surface area contributed by atoms with Crippen LogP contribution in [-0.2, 0) is 9.53 Å². The van der Waals surface area contributed by atoms with Gasteiger partial charge in [-0.25, -0.2) is 9.59 Å². The number of amides is 2. The predicted octanol–water partition coefficient (Wildman–Crippen LogP) is 2.55. The number of anilines is 1. The SMILES string of the molecule is COC(=O)C1CCCCN1C(=O)Nc1ccc(C)cc1. The molecule has 2 amide bonds. The van der Waals surface area contributed by atoms with Crippen LogP contribution in [0.2, 0.25) is 0 Å². The number of urea groups is 1. The van der Waals surface area contributed by atoms with Crippen molar-refractivity contribution >= 4 is 17.7 Å². The summed E-state index contributed by atoms with van der Waals surface area (Å²) in [6.07, 6.45) is 2.51. The van der Waals surface area contributed by atoms with Crippen molar-refractivity contribution in [1.82, 2.24) is 4.90 Å². The van der Waals surface area contributed by atoms with Crippen LogP contribution in [0.25, 0.3) is 0 Å². The first-order valence-electron chi connectivity index (χ1n) is 6.84. The molecule has 5 heteroatoms. The normalized spacial score (nSPS) is 18.5. The van der Waals surface area contributed by atoms with Gasteiger partial charge < -0.3 is 15.0 Å². The van der Waals surface area contributed by atoms with E-state index < -0.39 is 6.04 Å². The summed E-state index contributed by atoms with van der Waals surface area (Å²) in [5, 5.41) is 2.83. The lowest BCUT2D eigenvalue weighted by molar-refractivity contribution is -0.146. The molecule has 0 radical (unpaired) electrons. The number of hydrogen-bond donors (Lipinski definition) is 1. The highest BCUT2D eigenvalue weighted by Gasteiger charge is 2.32. The van der Waals surface area contributed by atoms with Crippen LogP contribution in [0.5, 0.6) is 0 Å². The quantitative estimate of drug-likeness (QED) is 0.844. The zero-order chi connectivity index (χ0) is 14.5. The van der Waals surface area contributed by atoms with E-state index in [4.69, 9.17) is 4.74 Å². The molecule has 20 heavy (non-hydrogen) atoms. The summed E-state index contributed by atoms with van der Waals surface area (Å²) in [6.45, 7) is 2.57. The number of hydrogen-bond acceptors (Lipinski definition) is 3. The number of nitrogens with zero attached hydrogens (tertiary/aromatic N) is 1. The maximum Gasteiger partial charge on any atom is 0.328 e. The molecule has 5 nitrogen and oxygen atoms in total. The molecule has 1 heterocycles. The van der Waals surface area contributed by atoms with E-state index >= 15 is 0 Å². The first-order valence-corrected chi connectivity index (χ1v) is 6.84. The first kappa shape index (κ1) is 14.4. The van der Waals surface area contributed by atoms with Crippen molar-refractivity contribution in [3.63, 3.8) is 0 Å². The lowest BCUT2D eigenvalue weighted by Gasteiger charge is -2.33. The monoisotopic (exact) mass is 276 g/mol. The number of carbonyl (C=O) groups is 2. The summed E-state index contributed by atoms with van der Waals surface area (Å²) in [5.74, 6) is -0.344. The van der Waals surface area contributed by atoms with Gasteiger partial charge in [-0.15, -0.1) is 0 Å². The number of carbonyl (C=O) groups excluding carboxylic acids is 2. The molecule has 1 fully saturated rings. The van der Waals surface area contributed by atoms with Crippen molar-refractivity contribution < 1.29 is 14.3 Å². The third-order valence-electron chi connectivity index (χ3n) is 3.54. The Labute approximate surface area is 118 Å². The fourth-order valence-corrected chi connectivity index (χ4v) is 2.39. The van der Waals surface area contributed by atoms with Crippen molar-refractivity contribution in [2.75, 3.05) is 19.0 Å². The standard InChI is InChI=1S/C15H20N2O3/c1-11-6-8-12(9-7-11)16-15(19)17-10-4-3-5-13(17)14(18)20-2/h6-9,13H,3-5,10H2,1-2H3,(H,16,19). The molecule has 1 N–H and O–H groups in total. The minimum absolute atomic E-state index is 0.246. The second-order valence-electron chi connectivity index (χ2n) is 5.02. The number of ether oxygens (including phenoxy) is 1. The molecule has 0 aromatic heterocycles. The molecule has 1 unspecified atom stereocenters. The molecule has 1 aromatic carbocycles. The van der Waals surface area contributed by atoms with E-state index in [1.54, 1.807) is 4.90 Å². The Bertz CT molecular complexity index is 484. The van der Waals surface area contributed by atoms with Crippen LogP contribution in [0.4, 0.5) is 10.5 Å². The third-order valence-corrected chi connectivity index (χ3v) is 3.54. The lowest BCUT2D eigenvalue weighted by Crippen LogP contribution is -2.50. The molecule has 1 aliphatic rings. The highest BCUT2D eigenvalue weighted by molar-refractivity contribution is 5.92. The molecule has 0 aliphatic carbocycles. The Morgan fingerprint density at radius 3 is 2.60 bits per heavy atom. The van der Waals surface area contributed by atoms with Crippen molar-refractivity contribution in [3.05, 3.63) is 29.8 Å². The van der Waals surface area contributed by atoms with Crippen LogP contribution in [0.15, 0.2) is 24.3 Å². The summed E-state index contributed by atoms with van der Waals surface area (Å²) >= 11 is 0. The van der Waals surface area contributed by atoms with Crippen LogP contribution in [0.3, 0.4) is 0 Å². The van der Waals surface area contributed by atoms with Gasteiger partial charge in [-0.3, -0.25) is 0 Å². The highest BCUT2D eigenvalue weighted by atomic mass is 16.5. The van der Waals surface area contributed by atoms with Gasteiger partial charge in [0.2, 0.25) is 0 Å². The Balaban J connectivity index is 2.05. The van der Waals surface area contributed by atoms with E-state index in [1.165, 1.54) is 7.11 Å². The Morgan fingerprint density at radius 2 is 1.95 bits per heavy atom. The third kappa shape index (κ3) is 3.29. The fraction of sp³-hybridized carbons (Fsp3) is 0.467. The lowest BCUT2D eigenvalue weighted by atomic mass is 10.0. The van der Waals surface area contributed by atoms with Crippen LogP contribution < -0.4 is 5.32 Å². The summed E-state index contributed by atoms with van der Waals surface area (Å²) in [5.41, 5.74) is 1.86. The maximum atomic E-state index is 12.3. The number of methoxy groups -OCH3 is 1. The average molecular weight is 276 g/mol. The summed E-state index contributed by atoms with van der Waals surface area (Å²) < 4.78 is 4.78. The van der Waals surface area contributed by atoms with E-state index in [2.05, 4.69) is 5.32 Å². The van der Waals surface area contributed by atoms with Crippen LogP contribution in [0.1, 0.15) is 24.8 Å². The van der Waals surface area contributed by atoms with Gasteiger partial charge in [-0.05, 0) is 38.3 Å². The molecule has 0 saturated carbocycles. The Kier molecular flexibility index (Phi) is 4.61. The zero-order valence-corrected chi connectivity index (χ0v) is 11.9. The number of rotatable bonds is 2. The molecule has 1 aromatic rings. The van der Waals surface area contributed by atoms with E-state index in [9.17, 15) is 9.59 Å².